The van der Waals surface area contributed by atoms with E-state index in [2.05, 4.69) is 21.9 Å². The maximum atomic E-state index is 13.5. The van der Waals surface area contributed by atoms with Gasteiger partial charge >= 0.3 is 6.09 Å². The molecule has 0 aliphatic carbocycles. The van der Waals surface area contributed by atoms with Crippen LogP contribution >= 0.6 is 0 Å². The van der Waals surface area contributed by atoms with Gasteiger partial charge in [0, 0.05) is 49.3 Å². The molecule has 196 valence electrons. The molecule has 4 aromatic rings. The van der Waals surface area contributed by atoms with E-state index in [0.717, 1.165) is 16.7 Å². The minimum Gasteiger partial charge on any atom is -0.443 e. The van der Waals surface area contributed by atoms with Gasteiger partial charge in [-0.15, -0.1) is 0 Å². The van der Waals surface area contributed by atoms with Crippen molar-refractivity contribution < 1.29 is 23.8 Å². The van der Waals surface area contributed by atoms with Crippen LogP contribution in [0.15, 0.2) is 61.2 Å². The lowest BCUT2D eigenvalue weighted by Crippen LogP contribution is -2.27. The first kappa shape index (κ1) is 26.8. The highest BCUT2D eigenvalue weighted by Crippen LogP contribution is 2.28. The second-order valence-electron chi connectivity index (χ2n) is 9.92. The summed E-state index contributed by atoms with van der Waals surface area (Å²) in [6.07, 6.45) is 5.95. The van der Waals surface area contributed by atoms with Gasteiger partial charge in [-0.1, -0.05) is 36.3 Å². The molecule has 0 radical (unpaired) electrons. The van der Waals surface area contributed by atoms with Gasteiger partial charge in [0.2, 0.25) is 5.78 Å². The van der Waals surface area contributed by atoms with Crippen molar-refractivity contribution in [3.63, 3.8) is 0 Å². The fourth-order valence-corrected chi connectivity index (χ4v) is 3.83. The summed E-state index contributed by atoms with van der Waals surface area (Å²) >= 11 is 0. The third-order valence-corrected chi connectivity index (χ3v) is 5.72. The van der Waals surface area contributed by atoms with Crippen molar-refractivity contribution in [1.29, 1.82) is 0 Å². The summed E-state index contributed by atoms with van der Waals surface area (Å²) in [5, 5.41) is 4.68. The fraction of sp³-hybridized carbons (Fsp3) is 0.310. The minimum atomic E-state index is -1.10. The predicted octanol–water partition coefficient (Wildman–Crippen LogP) is 4.94. The number of Topliss-reactive ketones (excluding diaryl/α,β-unsaturated/α-hetero) is 1. The average molecular weight is 515 g/mol. The number of aromatic nitrogens is 4. The van der Waals surface area contributed by atoms with Crippen molar-refractivity contribution in [2.45, 2.75) is 38.9 Å². The van der Waals surface area contributed by atoms with Crippen molar-refractivity contribution in [2.24, 2.45) is 7.05 Å². The minimum absolute atomic E-state index is 0.00932. The van der Waals surface area contributed by atoms with Gasteiger partial charge < -0.3 is 14.2 Å². The molecule has 0 N–H and O–H groups in total. The van der Waals surface area contributed by atoms with E-state index in [1.54, 1.807) is 50.8 Å². The molecule has 3 aromatic heterocycles. The van der Waals surface area contributed by atoms with Gasteiger partial charge in [-0.25, -0.2) is 14.3 Å². The van der Waals surface area contributed by atoms with E-state index in [9.17, 15) is 9.59 Å². The standard InChI is InChI=1S/C29H30N4O5/c1-28(2,3)38-27(35)33-18-24(23-14-20(15-30-26(23)33)21-16-31-32(5)17-21)25(34)12-13-29(4,37-19-36-6)22-10-8-7-9-11-22/h7-11,14-18H,19H2,1-6H3. The van der Waals surface area contributed by atoms with Gasteiger partial charge in [0.05, 0.1) is 11.8 Å². The molecule has 0 spiro atoms. The Bertz CT molecular complexity index is 1540. The first-order valence-electron chi connectivity index (χ1n) is 12.0. The fourth-order valence-electron chi connectivity index (χ4n) is 3.83. The monoisotopic (exact) mass is 514 g/mol. The van der Waals surface area contributed by atoms with Gasteiger partial charge in [0.15, 0.2) is 5.60 Å². The number of ether oxygens (including phenoxy) is 3. The summed E-state index contributed by atoms with van der Waals surface area (Å²) in [4.78, 5) is 31.0. The van der Waals surface area contributed by atoms with Crippen LogP contribution in [0.5, 0.6) is 0 Å². The van der Waals surface area contributed by atoms with Crippen LogP contribution < -0.4 is 0 Å². The van der Waals surface area contributed by atoms with Gasteiger partial charge in [0.25, 0.3) is 0 Å². The quantitative estimate of drug-likeness (QED) is 0.156. The third kappa shape index (κ3) is 5.83. The van der Waals surface area contributed by atoms with Gasteiger partial charge in [0.1, 0.15) is 18.0 Å². The van der Waals surface area contributed by atoms with Crippen LogP contribution in [0.1, 0.15) is 43.6 Å². The number of ketones is 1. The number of nitrogens with zero attached hydrogens (tertiary/aromatic N) is 4. The SMILES string of the molecule is COCOC(C)(C#CC(=O)c1cn(C(=O)OC(C)(C)C)c2ncc(-c3cnn(C)c3)cc12)c1ccccc1. The van der Waals surface area contributed by atoms with Crippen LogP contribution in [0.2, 0.25) is 0 Å². The van der Waals surface area contributed by atoms with E-state index in [1.807, 2.05) is 43.6 Å². The van der Waals surface area contributed by atoms with Crippen LogP contribution in [0.25, 0.3) is 22.2 Å². The molecule has 0 bridgehead atoms. The van der Waals surface area contributed by atoms with E-state index in [0.29, 0.717) is 11.0 Å². The molecule has 1 atom stereocenters. The summed E-state index contributed by atoms with van der Waals surface area (Å²) in [6.45, 7) is 7.07. The summed E-state index contributed by atoms with van der Waals surface area (Å²) < 4.78 is 19.4. The Hall–Kier alpha value is -4.26. The molecule has 0 saturated carbocycles. The molecule has 0 fully saturated rings. The molecule has 0 aliphatic rings. The average Bonchev–Trinajstić information content (AvgIpc) is 3.49. The lowest BCUT2D eigenvalue weighted by atomic mass is 9.96. The highest BCUT2D eigenvalue weighted by Gasteiger charge is 2.27. The number of carbonyl (C=O) groups is 2. The molecule has 1 unspecified atom stereocenters. The zero-order valence-corrected chi connectivity index (χ0v) is 22.3. The van der Waals surface area contributed by atoms with E-state index >= 15 is 0 Å². The Morgan fingerprint density at radius 2 is 1.76 bits per heavy atom. The van der Waals surface area contributed by atoms with Crippen molar-refractivity contribution in [3.8, 4) is 23.0 Å². The second-order valence-corrected chi connectivity index (χ2v) is 9.92. The van der Waals surface area contributed by atoms with Crippen LogP contribution in [-0.2, 0) is 26.9 Å². The molecular weight excluding hydrogens is 484 g/mol. The topological polar surface area (TPSA) is 97.5 Å². The summed E-state index contributed by atoms with van der Waals surface area (Å²) in [6, 6.07) is 11.2. The van der Waals surface area contributed by atoms with Crippen LogP contribution in [0.3, 0.4) is 0 Å². The molecule has 0 aliphatic heterocycles. The van der Waals surface area contributed by atoms with Crippen LogP contribution in [0, 0.1) is 11.8 Å². The van der Waals surface area contributed by atoms with Crippen molar-refractivity contribution in [2.75, 3.05) is 13.9 Å². The summed E-state index contributed by atoms with van der Waals surface area (Å²) in [5.74, 6) is 5.20. The van der Waals surface area contributed by atoms with Gasteiger partial charge in [-0.3, -0.25) is 9.48 Å². The highest BCUT2D eigenvalue weighted by atomic mass is 16.7. The van der Waals surface area contributed by atoms with E-state index in [4.69, 9.17) is 14.2 Å². The predicted molar refractivity (Wildman–Crippen MR) is 142 cm³/mol. The normalized spacial score (nSPS) is 13.0. The number of hydrogen-bond acceptors (Lipinski definition) is 7. The van der Waals surface area contributed by atoms with E-state index in [-0.39, 0.29) is 12.4 Å². The largest absolute Gasteiger partial charge is 0.443 e. The van der Waals surface area contributed by atoms with Crippen LogP contribution in [-0.4, -0.2) is 50.7 Å². The summed E-state index contributed by atoms with van der Waals surface area (Å²) in [7, 11) is 3.33. The molecule has 38 heavy (non-hydrogen) atoms. The molecular formula is C29H30N4O5. The van der Waals surface area contributed by atoms with Crippen LogP contribution in [0.4, 0.5) is 4.79 Å². The Balaban J connectivity index is 1.81. The number of hydrogen-bond donors (Lipinski definition) is 0. The number of fused-ring (bicyclic) bond motifs is 1. The number of carbonyl (C=O) groups excluding carboxylic acids is 2. The lowest BCUT2D eigenvalue weighted by Gasteiger charge is -2.24. The smallest absolute Gasteiger partial charge is 0.420 e. The number of pyridine rings is 1. The molecule has 0 saturated heterocycles. The molecule has 3 heterocycles. The Labute approximate surface area is 221 Å². The summed E-state index contributed by atoms with van der Waals surface area (Å²) in [5.41, 5.74) is 1.01. The van der Waals surface area contributed by atoms with Crippen molar-refractivity contribution in [1.82, 2.24) is 19.3 Å². The molecule has 9 nitrogen and oxygen atoms in total. The molecule has 0 amide bonds. The van der Waals surface area contributed by atoms with E-state index < -0.39 is 23.1 Å². The molecule has 9 heteroatoms. The zero-order valence-electron chi connectivity index (χ0n) is 22.3. The first-order chi connectivity index (χ1) is 18.0. The van der Waals surface area contributed by atoms with E-state index in [1.165, 1.54) is 17.9 Å². The zero-order chi connectivity index (χ0) is 27.5. The number of methoxy groups -OCH3 is 1. The van der Waals surface area contributed by atoms with Gasteiger partial charge in [-0.05, 0) is 45.2 Å². The van der Waals surface area contributed by atoms with Crippen molar-refractivity contribution in [3.05, 3.63) is 72.3 Å². The van der Waals surface area contributed by atoms with Gasteiger partial charge in [-0.2, -0.15) is 5.10 Å². The van der Waals surface area contributed by atoms with Crippen molar-refractivity contribution >= 4 is 22.9 Å². The Kier molecular flexibility index (Phi) is 7.49. The molecule has 4 rings (SSSR count). The third-order valence-electron chi connectivity index (χ3n) is 5.72. The second kappa shape index (κ2) is 10.6. The highest BCUT2D eigenvalue weighted by molar-refractivity contribution is 6.17. The first-order valence-corrected chi connectivity index (χ1v) is 12.0. The number of rotatable bonds is 6. The number of aryl methyl sites for hydroxylation is 1. The maximum absolute atomic E-state index is 13.5. The Morgan fingerprint density at radius 3 is 2.39 bits per heavy atom. The molecule has 1 aromatic carbocycles. The Morgan fingerprint density at radius 1 is 1.03 bits per heavy atom. The lowest BCUT2D eigenvalue weighted by molar-refractivity contribution is -0.0990. The number of benzene rings is 1. The maximum Gasteiger partial charge on any atom is 0.420 e.